The van der Waals surface area contributed by atoms with Gasteiger partial charge >= 0.3 is 0 Å². The van der Waals surface area contributed by atoms with Gasteiger partial charge in [0.15, 0.2) is 0 Å². The monoisotopic (exact) mass is 484 g/mol. The van der Waals surface area contributed by atoms with E-state index in [-0.39, 0.29) is 11.8 Å². The third-order valence-electron chi connectivity index (χ3n) is 5.67. The maximum absolute atomic E-state index is 13.7. The van der Waals surface area contributed by atoms with E-state index in [4.69, 9.17) is 11.6 Å². The molecule has 0 atom stereocenters. The van der Waals surface area contributed by atoms with Crippen LogP contribution in [0.5, 0.6) is 0 Å². The third-order valence-corrected chi connectivity index (χ3v) is 7.26. The van der Waals surface area contributed by atoms with E-state index in [9.17, 15) is 9.59 Å². The molecular formula is C28H21ClN2O2S. The van der Waals surface area contributed by atoms with Crippen molar-refractivity contribution in [2.24, 2.45) is 0 Å². The van der Waals surface area contributed by atoms with Crippen molar-refractivity contribution in [3.63, 3.8) is 0 Å². The van der Waals surface area contributed by atoms with Crippen molar-refractivity contribution in [3.05, 3.63) is 107 Å². The first-order chi connectivity index (χ1) is 16.5. The molecule has 4 aromatic carbocycles. The fraction of sp³-hybridized carbons (Fsp3) is 0.0714. The Morgan fingerprint density at radius 3 is 2.32 bits per heavy atom. The zero-order chi connectivity index (χ0) is 23.7. The highest BCUT2D eigenvalue weighted by Crippen LogP contribution is 2.42. The van der Waals surface area contributed by atoms with Crippen LogP contribution in [-0.4, -0.2) is 11.8 Å². The van der Waals surface area contributed by atoms with E-state index in [2.05, 4.69) is 23.5 Å². The highest BCUT2D eigenvalue weighted by Gasteiger charge is 2.25. The van der Waals surface area contributed by atoms with Gasteiger partial charge in [-0.05, 0) is 47.5 Å². The number of nitrogens with zero attached hydrogens (tertiary/aromatic N) is 1. The first-order valence-corrected chi connectivity index (χ1v) is 12.0. The fourth-order valence-corrected chi connectivity index (χ4v) is 5.40. The number of rotatable bonds is 3. The van der Waals surface area contributed by atoms with Crippen molar-refractivity contribution in [2.45, 2.75) is 23.3 Å². The van der Waals surface area contributed by atoms with E-state index in [1.807, 2.05) is 71.6 Å². The number of amides is 2. The van der Waals surface area contributed by atoms with Gasteiger partial charge in [0.25, 0.3) is 5.91 Å². The molecule has 4 nitrogen and oxygen atoms in total. The molecule has 0 aromatic heterocycles. The molecule has 0 spiro atoms. The average molecular weight is 485 g/mol. The Morgan fingerprint density at radius 2 is 1.56 bits per heavy atom. The molecule has 0 saturated carbocycles. The Labute approximate surface area is 207 Å². The fourth-order valence-electron chi connectivity index (χ4n) is 4.04. The molecule has 4 aromatic rings. The van der Waals surface area contributed by atoms with Gasteiger partial charge in [-0.3, -0.25) is 9.59 Å². The topological polar surface area (TPSA) is 49.4 Å². The normalized spacial score (nSPS) is 12.4. The number of nitrogens with one attached hydrogen (secondary N) is 1. The zero-order valence-corrected chi connectivity index (χ0v) is 20.0. The number of carbonyl (C=O) groups is 2. The minimum absolute atomic E-state index is 0.0607. The van der Waals surface area contributed by atoms with Crippen molar-refractivity contribution >= 4 is 46.6 Å². The van der Waals surface area contributed by atoms with Gasteiger partial charge in [0.2, 0.25) is 5.91 Å². The number of benzene rings is 4. The lowest BCUT2D eigenvalue weighted by Crippen LogP contribution is -2.30. The van der Waals surface area contributed by atoms with Crippen molar-refractivity contribution in [2.75, 3.05) is 10.2 Å². The van der Waals surface area contributed by atoms with Crippen LogP contribution in [0.4, 0.5) is 11.4 Å². The summed E-state index contributed by atoms with van der Waals surface area (Å²) in [6, 6.07) is 29.1. The number of hydrogen-bond acceptors (Lipinski definition) is 3. The largest absolute Gasteiger partial charge is 0.325 e. The van der Waals surface area contributed by atoms with Crippen LogP contribution in [0.2, 0.25) is 5.02 Å². The van der Waals surface area contributed by atoms with Gasteiger partial charge in [0.1, 0.15) is 0 Å². The first-order valence-electron chi connectivity index (χ1n) is 10.8. The number of anilines is 2. The Hall–Kier alpha value is -3.54. The Kier molecular flexibility index (Phi) is 6.14. The number of halogens is 1. The SMILES string of the molecule is CC(=O)Nc1cccc(-c2ccc(C(=O)N3Cc4ccccc4Sc4ccccc43)cc2)c1Cl. The summed E-state index contributed by atoms with van der Waals surface area (Å²) in [7, 11) is 0. The van der Waals surface area contributed by atoms with Gasteiger partial charge < -0.3 is 10.2 Å². The highest BCUT2D eigenvalue weighted by molar-refractivity contribution is 7.99. The molecular weight excluding hydrogens is 464 g/mol. The second-order valence-electron chi connectivity index (χ2n) is 7.99. The minimum atomic E-state index is -0.183. The molecule has 0 unspecified atom stereocenters. The average Bonchev–Trinajstić information content (AvgIpc) is 3.01. The van der Waals surface area contributed by atoms with E-state index in [0.29, 0.717) is 22.8 Å². The summed E-state index contributed by atoms with van der Waals surface area (Å²) >= 11 is 8.23. The molecule has 0 radical (unpaired) electrons. The summed E-state index contributed by atoms with van der Waals surface area (Å²) in [5.74, 6) is -0.244. The quantitative estimate of drug-likeness (QED) is 0.332. The molecule has 6 heteroatoms. The van der Waals surface area contributed by atoms with Gasteiger partial charge in [0.05, 0.1) is 22.9 Å². The summed E-state index contributed by atoms with van der Waals surface area (Å²) in [6.45, 7) is 1.95. The summed E-state index contributed by atoms with van der Waals surface area (Å²) in [6.07, 6.45) is 0. The summed E-state index contributed by atoms with van der Waals surface area (Å²) < 4.78 is 0. The van der Waals surface area contributed by atoms with Crippen molar-refractivity contribution < 1.29 is 9.59 Å². The first kappa shape index (κ1) is 22.3. The molecule has 34 heavy (non-hydrogen) atoms. The third kappa shape index (κ3) is 4.32. The lowest BCUT2D eigenvalue weighted by Gasteiger charge is -2.23. The highest BCUT2D eigenvalue weighted by atomic mass is 35.5. The van der Waals surface area contributed by atoms with E-state index in [0.717, 1.165) is 32.2 Å². The molecule has 168 valence electrons. The number of carbonyl (C=O) groups excluding carboxylic acids is 2. The molecule has 1 N–H and O–H groups in total. The second-order valence-corrected chi connectivity index (χ2v) is 9.46. The second kappa shape index (κ2) is 9.37. The molecule has 5 rings (SSSR count). The van der Waals surface area contributed by atoms with Crippen LogP contribution in [0.25, 0.3) is 11.1 Å². The van der Waals surface area contributed by atoms with Crippen LogP contribution >= 0.6 is 23.4 Å². The summed E-state index contributed by atoms with van der Waals surface area (Å²) in [5.41, 5.74) is 4.84. The van der Waals surface area contributed by atoms with E-state index >= 15 is 0 Å². The predicted octanol–water partition coefficient (Wildman–Crippen LogP) is 7.28. The van der Waals surface area contributed by atoms with Gasteiger partial charge in [-0.1, -0.05) is 78.0 Å². The van der Waals surface area contributed by atoms with Crippen LogP contribution in [-0.2, 0) is 11.3 Å². The van der Waals surface area contributed by atoms with Gasteiger partial charge in [-0.2, -0.15) is 0 Å². The van der Waals surface area contributed by atoms with Gasteiger partial charge in [-0.25, -0.2) is 0 Å². The van der Waals surface area contributed by atoms with Crippen molar-refractivity contribution in [1.29, 1.82) is 0 Å². The number of para-hydroxylation sites is 1. The summed E-state index contributed by atoms with van der Waals surface area (Å²) in [4.78, 5) is 29.2. The molecule has 2 amide bonds. The van der Waals surface area contributed by atoms with Crippen molar-refractivity contribution in [3.8, 4) is 11.1 Å². The van der Waals surface area contributed by atoms with Crippen LogP contribution in [0.15, 0.2) is 101 Å². The van der Waals surface area contributed by atoms with Gasteiger partial charge in [0, 0.05) is 27.8 Å². The lowest BCUT2D eigenvalue weighted by atomic mass is 10.0. The molecule has 1 heterocycles. The molecule has 0 fully saturated rings. The smallest absolute Gasteiger partial charge is 0.258 e. The van der Waals surface area contributed by atoms with Crippen LogP contribution in [0.3, 0.4) is 0 Å². The Balaban J connectivity index is 1.48. The van der Waals surface area contributed by atoms with E-state index < -0.39 is 0 Å². The molecule has 0 bridgehead atoms. The Morgan fingerprint density at radius 1 is 0.853 bits per heavy atom. The minimum Gasteiger partial charge on any atom is -0.325 e. The standard InChI is InChI=1S/C28H21ClN2O2S/c1-18(32)30-23-9-6-8-22(27(23)29)19-13-15-20(16-14-19)28(33)31-17-21-7-2-4-11-25(21)34-26-12-5-3-10-24(26)31/h2-16H,17H2,1H3,(H,30,32). The summed E-state index contributed by atoms with van der Waals surface area (Å²) in [5, 5.41) is 3.21. The number of hydrogen-bond donors (Lipinski definition) is 1. The van der Waals surface area contributed by atoms with Crippen LogP contribution in [0.1, 0.15) is 22.8 Å². The molecule has 0 saturated heterocycles. The number of fused-ring (bicyclic) bond motifs is 2. The van der Waals surface area contributed by atoms with Crippen molar-refractivity contribution in [1.82, 2.24) is 0 Å². The molecule has 1 aliphatic rings. The maximum Gasteiger partial charge on any atom is 0.258 e. The zero-order valence-electron chi connectivity index (χ0n) is 18.4. The van der Waals surface area contributed by atoms with Crippen LogP contribution in [0, 0.1) is 0 Å². The van der Waals surface area contributed by atoms with E-state index in [1.165, 1.54) is 6.92 Å². The van der Waals surface area contributed by atoms with Crippen LogP contribution < -0.4 is 10.2 Å². The van der Waals surface area contributed by atoms with Gasteiger partial charge in [-0.15, -0.1) is 0 Å². The lowest BCUT2D eigenvalue weighted by molar-refractivity contribution is -0.114. The van der Waals surface area contributed by atoms with E-state index in [1.54, 1.807) is 17.8 Å². The predicted molar refractivity (Wildman–Crippen MR) is 139 cm³/mol. The molecule has 1 aliphatic heterocycles. The molecule has 0 aliphatic carbocycles. The maximum atomic E-state index is 13.7. The Bertz CT molecular complexity index is 1400.